The number of hydrogen-bond donors (Lipinski definition) is 2. The smallest absolute Gasteiger partial charge is 0.237 e. The minimum Gasteiger partial charge on any atom is -0.481 e. The second-order valence-corrected chi connectivity index (χ2v) is 5.71. The van der Waals surface area contributed by atoms with Crippen LogP contribution in [0, 0.1) is 0 Å². The van der Waals surface area contributed by atoms with Crippen LogP contribution in [0.3, 0.4) is 0 Å². The fourth-order valence-electron chi connectivity index (χ4n) is 1.71. The predicted octanol–water partition coefficient (Wildman–Crippen LogP) is 0.887. The highest BCUT2D eigenvalue weighted by molar-refractivity contribution is 5.81. The van der Waals surface area contributed by atoms with Crippen LogP contribution in [0.5, 0.6) is 11.8 Å². The number of carbonyl (C=O) groups excluding carboxylic acids is 1. The van der Waals surface area contributed by atoms with Crippen LogP contribution < -0.4 is 20.1 Å². The number of nitrogens with zero attached hydrogens (tertiary/aromatic N) is 2. The van der Waals surface area contributed by atoms with Gasteiger partial charge in [-0.25, -0.2) is 9.97 Å². The first kappa shape index (κ1) is 17.2. The third kappa shape index (κ3) is 5.18. The molecule has 118 valence electrons. The summed E-state index contributed by atoms with van der Waals surface area (Å²) in [6, 6.07) is -0.362. The van der Waals surface area contributed by atoms with Crippen molar-refractivity contribution in [2.45, 2.75) is 45.8 Å². The SMILES string of the molecule is COc1ncnc(OC)c1CNC(C)C(=O)NC(C)(C)C. The molecule has 0 spiro atoms. The van der Waals surface area contributed by atoms with E-state index in [1.807, 2.05) is 20.8 Å². The van der Waals surface area contributed by atoms with E-state index in [1.165, 1.54) is 20.5 Å². The van der Waals surface area contributed by atoms with E-state index < -0.39 is 0 Å². The molecule has 0 aromatic carbocycles. The standard InChI is InChI=1S/C14H24N4O3/c1-9(11(19)18-14(2,3)4)15-7-10-12(20-5)16-8-17-13(10)21-6/h8-9,15H,7H2,1-6H3,(H,18,19). The molecule has 7 nitrogen and oxygen atoms in total. The van der Waals surface area contributed by atoms with Crippen LogP contribution in [0.25, 0.3) is 0 Å². The molecule has 1 atom stereocenters. The molecule has 0 radical (unpaired) electrons. The van der Waals surface area contributed by atoms with Gasteiger partial charge in [-0.05, 0) is 27.7 Å². The van der Waals surface area contributed by atoms with Crippen LogP contribution in [0.1, 0.15) is 33.3 Å². The third-order valence-electron chi connectivity index (χ3n) is 2.73. The highest BCUT2D eigenvalue weighted by atomic mass is 16.5. The van der Waals surface area contributed by atoms with Gasteiger partial charge in [-0.3, -0.25) is 4.79 Å². The van der Waals surface area contributed by atoms with Gasteiger partial charge in [0.2, 0.25) is 17.7 Å². The molecule has 0 bridgehead atoms. The van der Waals surface area contributed by atoms with Gasteiger partial charge in [0.25, 0.3) is 0 Å². The van der Waals surface area contributed by atoms with Crippen LogP contribution >= 0.6 is 0 Å². The Hall–Kier alpha value is -1.89. The van der Waals surface area contributed by atoms with Crippen molar-refractivity contribution in [1.29, 1.82) is 0 Å². The molecule has 1 unspecified atom stereocenters. The molecule has 0 aliphatic carbocycles. The van der Waals surface area contributed by atoms with E-state index in [0.29, 0.717) is 23.9 Å². The maximum atomic E-state index is 12.0. The molecule has 7 heteroatoms. The molecule has 1 amide bonds. The van der Waals surface area contributed by atoms with Gasteiger partial charge in [-0.15, -0.1) is 0 Å². The number of aromatic nitrogens is 2. The summed E-state index contributed by atoms with van der Waals surface area (Å²) in [6.07, 6.45) is 1.37. The summed E-state index contributed by atoms with van der Waals surface area (Å²) in [7, 11) is 3.06. The van der Waals surface area contributed by atoms with E-state index in [4.69, 9.17) is 9.47 Å². The minimum absolute atomic E-state index is 0.0720. The van der Waals surface area contributed by atoms with Crippen LogP contribution in [-0.4, -0.2) is 41.7 Å². The van der Waals surface area contributed by atoms with Crippen molar-refractivity contribution in [1.82, 2.24) is 20.6 Å². The van der Waals surface area contributed by atoms with Gasteiger partial charge in [0.05, 0.1) is 25.8 Å². The average Bonchev–Trinajstić information content (AvgIpc) is 2.42. The van der Waals surface area contributed by atoms with Gasteiger partial charge in [0.15, 0.2) is 0 Å². The van der Waals surface area contributed by atoms with Crippen molar-refractivity contribution in [3.63, 3.8) is 0 Å². The fourth-order valence-corrected chi connectivity index (χ4v) is 1.71. The number of carbonyl (C=O) groups is 1. The number of nitrogens with one attached hydrogen (secondary N) is 2. The first-order chi connectivity index (χ1) is 9.78. The average molecular weight is 296 g/mol. The Bertz CT molecular complexity index is 463. The summed E-state index contributed by atoms with van der Waals surface area (Å²) in [4.78, 5) is 20.1. The number of rotatable bonds is 6. The first-order valence-corrected chi connectivity index (χ1v) is 6.75. The maximum Gasteiger partial charge on any atom is 0.237 e. The summed E-state index contributed by atoms with van der Waals surface area (Å²) >= 11 is 0. The van der Waals surface area contributed by atoms with Crippen LogP contribution in [0.4, 0.5) is 0 Å². The van der Waals surface area contributed by atoms with Crippen LogP contribution in [0.2, 0.25) is 0 Å². The van der Waals surface area contributed by atoms with Crippen molar-refractivity contribution in [2.75, 3.05) is 14.2 Å². The van der Waals surface area contributed by atoms with E-state index in [0.717, 1.165) is 0 Å². The molecule has 1 heterocycles. The monoisotopic (exact) mass is 296 g/mol. The maximum absolute atomic E-state index is 12.0. The molecule has 2 N–H and O–H groups in total. The van der Waals surface area contributed by atoms with Gasteiger partial charge in [-0.1, -0.05) is 0 Å². The topological polar surface area (TPSA) is 85.4 Å². The Balaban J connectivity index is 2.73. The molecule has 0 saturated heterocycles. The highest BCUT2D eigenvalue weighted by Gasteiger charge is 2.20. The third-order valence-corrected chi connectivity index (χ3v) is 2.73. The first-order valence-electron chi connectivity index (χ1n) is 6.75. The summed E-state index contributed by atoms with van der Waals surface area (Å²) in [5.74, 6) is 0.785. The largest absolute Gasteiger partial charge is 0.481 e. The number of ether oxygens (including phenoxy) is 2. The quantitative estimate of drug-likeness (QED) is 0.811. The Kier molecular flexibility index (Phi) is 5.90. The number of methoxy groups -OCH3 is 2. The van der Waals surface area contributed by atoms with Crippen LogP contribution in [0.15, 0.2) is 6.33 Å². The summed E-state index contributed by atoms with van der Waals surface area (Å²) in [5.41, 5.74) is 0.413. The zero-order valence-electron chi connectivity index (χ0n) is 13.5. The van der Waals surface area contributed by atoms with Crippen molar-refractivity contribution >= 4 is 5.91 Å². The Morgan fingerprint density at radius 1 is 1.24 bits per heavy atom. The number of amides is 1. The lowest BCUT2D eigenvalue weighted by Crippen LogP contribution is -2.49. The van der Waals surface area contributed by atoms with Crippen molar-refractivity contribution in [3.8, 4) is 11.8 Å². The van der Waals surface area contributed by atoms with Gasteiger partial charge < -0.3 is 20.1 Å². The van der Waals surface area contributed by atoms with E-state index in [9.17, 15) is 4.79 Å². The Morgan fingerprint density at radius 2 is 1.76 bits per heavy atom. The summed E-state index contributed by atoms with van der Waals surface area (Å²) < 4.78 is 10.4. The normalized spacial score (nSPS) is 12.7. The van der Waals surface area contributed by atoms with E-state index in [-0.39, 0.29) is 17.5 Å². The zero-order chi connectivity index (χ0) is 16.0. The van der Waals surface area contributed by atoms with E-state index in [2.05, 4.69) is 20.6 Å². The van der Waals surface area contributed by atoms with Gasteiger partial charge in [-0.2, -0.15) is 0 Å². The van der Waals surface area contributed by atoms with Gasteiger partial charge in [0, 0.05) is 12.1 Å². The van der Waals surface area contributed by atoms with Crippen molar-refractivity contribution in [2.24, 2.45) is 0 Å². The van der Waals surface area contributed by atoms with E-state index >= 15 is 0 Å². The number of hydrogen-bond acceptors (Lipinski definition) is 6. The van der Waals surface area contributed by atoms with Crippen molar-refractivity contribution < 1.29 is 14.3 Å². The second kappa shape index (κ2) is 7.21. The lowest BCUT2D eigenvalue weighted by molar-refractivity contribution is -0.124. The lowest BCUT2D eigenvalue weighted by atomic mass is 10.1. The van der Waals surface area contributed by atoms with Crippen molar-refractivity contribution in [3.05, 3.63) is 11.9 Å². The molecule has 21 heavy (non-hydrogen) atoms. The minimum atomic E-state index is -0.362. The lowest BCUT2D eigenvalue weighted by Gasteiger charge is -2.24. The molecule has 0 saturated carbocycles. The second-order valence-electron chi connectivity index (χ2n) is 5.71. The highest BCUT2D eigenvalue weighted by Crippen LogP contribution is 2.22. The molecule has 1 aromatic heterocycles. The zero-order valence-corrected chi connectivity index (χ0v) is 13.5. The molecule has 0 fully saturated rings. The molecule has 1 aromatic rings. The fraction of sp³-hybridized carbons (Fsp3) is 0.643. The van der Waals surface area contributed by atoms with Gasteiger partial charge >= 0.3 is 0 Å². The molecular weight excluding hydrogens is 272 g/mol. The molecule has 1 rings (SSSR count). The summed E-state index contributed by atoms with van der Waals surface area (Å²) in [6.45, 7) is 7.98. The van der Waals surface area contributed by atoms with E-state index in [1.54, 1.807) is 6.92 Å². The van der Waals surface area contributed by atoms with Gasteiger partial charge in [0.1, 0.15) is 6.33 Å². The summed E-state index contributed by atoms with van der Waals surface area (Å²) in [5, 5.41) is 6.04. The Morgan fingerprint density at radius 3 is 2.19 bits per heavy atom. The van der Waals surface area contributed by atoms with Crippen LogP contribution in [-0.2, 0) is 11.3 Å². The predicted molar refractivity (Wildman–Crippen MR) is 79.3 cm³/mol. The molecular formula is C14H24N4O3. The Labute approximate surface area is 125 Å². The molecule has 0 aliphatic heterocycles. The molecule has 0 aliphatic rings.